The van der Waals surface area contributed by atoms with Crippen LogP contribution >= 0.6 is 0 Å². The Hall–Kier alpha value is -12.8. The van der Waals surface area contributed by atoms with Gasteiger partial charge in [-0.1, -0.05) is 188 Å². The molecule has 19 rings (SSSR count). The van der Waals surface area contributed by atoms with Gasteiger partial charge in [0.1, 0.15) is 13.1 Å². The number of rotatable bonds is 19. The van der Waals surface area contributed by atoms with Crippen molar-refractivity contribution in [3.63, 3.8) is 0 Å². The monoisotopic (exact) mass is 1990 g/mol. The van der Waals surface area contributed by atoms with Crippen LogP contribution in [0.4, 0.5) is 22.7 Å². The van der Waals surface area contributed by atoms with Crippen molar-refractivity contribution in [3.05, 3.63) is 311 Å². The maximum absolute atomic E-state index is 9.08. The largest absolute Gasteiger partial charge is 2.00 e. The van der Waals surface area contributed by atoms with Crippen molar-refractivity contribution in [1.82, 2.24) is 39.9 Å². The van der Waals surface area contributed by atoms with Crippen LogP contribution in [0.25, 0.3) is 112 Å². The fourth-order valence-corrected chi connectivity index (χ4v) is 18.5. The Kier molecular flexibility index (Phi) is 35.7. The molecule has 10 aromatic carbocycles. The van der Waals surface area contributed by atoms with Crippen LogP contribution in [0.2, 0.25) is 0 Å². The summed E-state index contributed by atoms with van der Waals surface area (Å²) >= 11 is 0. The summed E-state index contributed by atoms with van der Waals surface area (Å²) in [6, 6.07) is 86.2. The van der Waals surface area contributed by atoms with E-state index < -0.39 is 40.5 Å². The molecule has 2 N–H and O–H groups in total. The van der Waals surface area contributed by atoms with Gasteiger partial charge in [0.15, 0.2) is 0 Å². The second kappa shape index (κ2) is 47.3. The molecule has 4 aliphatic carbocycles. The van der Waals surface area contributed by atoms with E-state index in [4.69, 9.17) is 91.8 Å². The first-order chi connectivity index (χ1) is 66.1. The van der Waals surface area contributed by atoms with Gasteiger partial charge < -0.3 is 67.7 Å². The van der Waals surface area contributed by atoms with Gasteiger partial charge in [0.05, 0.1) is 74.9 Å². The van der Waals surface area contributed by atoms with E-state index in [1.807, 2.05) is 97.1 Å². The summed E-state index contributed by atoms with van der Waals surface area (Å²) in [5.41, 5.74) is 28.6. The summed E-state index contributed by atoms with van der Waals surface area (Å²) in [4.78, 5) is 56.3. The molecule has 139 heavy (non-hydrogen) atoms. The summed E-state index contributed by atoms with van der Waals surface area (Å²) in [5, 5.41) is 3.57. The Morgan fingerprint density at radius 3 is 0.799 bits per heavy atom. The summed E-state index contributed by atoms with van der Waals surface area (Å²) in [6.07, 6.45) is 17.4. The predicted octanol–water partition coefficient (Wildman–Crippen LogP) is 15.8. The minimum Gasteiger partial charge on any atom is -0.748 e. The SMILES string of the molecule is CCN(CC)c1ccc(C(=C2C=CC(=[NH+]CC3CC4CCC3C4)c3ccccc32)c2ccc(N(CC)CC)cc2)cc1.CC[NH+]=C1C=CC(=C(c2ccc(N(CC)CC)cc2)c2ccc(N(CC)CC)cc2)c2ccccc21.CS(=O)(=O)[O-].CS(=O)(=O)[O-].CS(=O)(=O)[O-].CS(=O)(=O)[O-].[Cu+2].c1ccc2c(c1)-c1nc-2nc2[n-]c(nc3nc(nc4[n-]c(n1)c1ccccc41)-c1ccccc1-3)c1ccccc21. The van der Waals surface area contributed by atoms with E-state index in [0.717, 1.165) is 127 Å². The molecule has 0 spiro atoms. The van der Waals surface area contributed by atoms with Gasteiger partial charge in [-0.05, 0) is 243 Å². The Labute approximate surface area is 826 Å². The van der Waals surface area contributed by atoms with Gasteiger partial charge in [0.25, 0.3) is 0 Å². The molecule has 5 heterocycles. The van der Waals surface area contributed by atoms with Gasteiger partial charge in [-0.25, -0.2) is 53.6 Å². The molecule has 3 atom stereocenters. The van der Waals surface area contributed by atoms with E-state index in [1.165, 1.54) is 127 Å². The number of hydrogen-bond donors (Lipinski definition) is 2. The van der Waals surface area contributed by atoms with E-state index in [1.54, 1.807) is 0 Å². The zero-order chi connectivity index (χ0) is 98.8. The van der Waals surface area contributed by atoms with Crippen molar-refractivity contribution >= 4 is 141 Å². The van der Waals surface area contributed by atoms with Crippen molar-refractivity contribution in [2.75, 3.05) is 110 Å². The first-order valence-corrected chi connectivity index (χ1v) is 53.7. The van der Waals surface area contributed by atoms with E-state index in [9.17, 15) is 0 Å². The van der Waals surface area contributed by atoms with E-state index in [2.05, 4.69) is 262 Å². The standard InChI is InChI=1S/C39H47N3.C33H39N3.C32H16N8.4CH4O3S.Cu/c1-5-41(6-2)33-19-15-29(16-20-33)39(30-17-21-34(22-18-30)42(7-3)8-4)37-23-24-38(36-12-10-9-11-35(36)37)40-27-32-26-28-13-14-31(32)25-28;1-6-34-32-24-23-31(29-13-11-12-14-30(29)32)33(25-15-19-27(20-16-25)35(7-2)8-3)26-17-21-28(22-18-26)36(9-4)10-5;1-2-10-18-17(9-1)25-33-26(18)38-28-21-13-5-6-14-22(21)30(35-28)40-32-24-16-8-7-15-23(24)31(36-32)39-29-20-12-4-3-11-19(20)27(34-29)37-25;4*1-5(2,3)4;/h9-12,15-24,28,31-32H,5-8,13-14,25-27H2,1-4H3;11-24H,6-10H2,1-5H3;1-16H;4*1H3,(H,2,3,4);/q;;-2;;;;;+2/p-2. The van der Waals surface area contributed by atoms with E-state index in [0.29, 0.717) is 70.9 Å². The molecule has 0 saturated heterocycles. The molecule has 6 aliphatic rings. The molecule has 2 saturated carbocycles. The molecule has 10 bridgehead atoms. The molecule has 3 aromatic heterocycles. The minimum absolute atomic E-state index is 0. The third-order valence-corrected chi connectivity index (χ3v) is 24.7. The molecular weight excluding hydrogens is 1880 g/mol. The van der Waals surface area contributed by atoms with Crippen LogP contribution in [-0.4, -0.2) is 184 Å². The molecule has 2 aliphatic heterocycles. The van der Waals surface area contributed by atoms with Crippen LogP contribution in [-0.2, 0) is 57.5 Å². The third-order valence-electron chi connectivity index (χ3n) is 24.7. The zero-order valence-corrected chi connectivity index (χ0v) is 84.4. The third kappa shape index (κ3) is 27.2. The molecule has 3 unspecified atom stereocenters. The number of benzene rings is 10. The number of hydrogen-bond acceptors (Lipinski definition) is 22. The second-order valence-corrected chi connectivity index (χ2v) is 39.5. The summed E-state index contributed by atoms with van der Waals surface area (Å²) in [7, 11) is -15.7. The predicted molar refractivity (Wildman–Crippen MR) is 554 cm³/mol. The molecule has 0 amide bonds. The van der Waals surface area contributed by atoms with Gasteiger partial charge in [-0.3, -0.25) is 0 Å². The molecule has 727 valence electrons. The Bertz CT molecular complexity index is 6840. The molecule has 2 fully saturated rings. The average molecular weight is 1990 g/mol. The van der Waals surface area contributed by atoms with Gasteiger partial charge in [0.2, 0.25) is 11.4 Å². The molecule has 1 radical (unpaired) electrons. The first kappa shape index (κ1) is 105. The van der Waals surface area contributed by atoms with Crippen LogP contribution in [0.15, 0.2) is 267 Å². The van der Waals surface area contributed by atoms with Gasteiger partial charge >= 0.3 is 17.1 Å². The average Bonchev–Trinajstić information content (AvgIpc) is 1.67. The van der Waals surface area contributed by atoms with Crippen LogP contribution in [0, 0.1) is 17.8 Å². The Balaban J connectivity index is 0.000000169. The summed E-state index contributed by atoms with van der Waals surface area (Å²) < 4.78 is 109. The number of allylic oxidation sites excluding steroid dienone is 6. The zero-order valence-electron chi connectivity index (χ0n) is 80.2. The normalized spacial score (nSPS) is 15.2. The summed E-state index contributed by atoms with van der Waals surface area (Å²) in [6.45, 7) is 30.0. The maximum Gasteiger partial charge on any atom is 2.00 e. The molecule has 26 nitrogen and oxygen atoms in total. The van der Waals surface area contributed by atoms with Crippen molar-refractivity contribution < 1.29 is 78.9 Å². The second-order valence-electron chi connectivity index (χ2n) is 33.9. The summed E-state index contributed by atoms with van der Waals surface area (Å²) in [5.74, 6) is 4.96. The number of nitrogens with one attached hydrogen (secondary N) is 2. The number of aromatic nitrogens is 8. The smallest absolute Gasteiger partial charge is 0.748 e. The fraction of sp³-hybridized carbons (Fsp3) is 0.278. The van der Waals surface area contributed by atoms with Crippen molar-refractivity contribution in [3.8, 4) is 45.6 Å². The van der Waals surface area contributed by atoms with E-state index >= 15 is 0 Å². The molecule has 13 aromatic rings. The van der Waals surface area contributed by atoms with E-state index in [-0.39, 0.29) is 17.1 Å². The topological polar surface area (TPSA) is 375 Å². The Morgan fingerprint density at radius 1 is 0.317 bits per heavy atom. The van der Waals surface area contributed by atoms with Gasteiger partial charge in [-0.2, -0.15) is 0 Å². The van der Waals surface area contributed by atoms with Crippen molar-refractivity contribution in [2.45, 2.75) is 88.0 Å². The number of fused-ring (bicyclic) bond motifs is 24. The molecular formula is C108H116CuN14O12S4-2. The fourth-order valence-electron chi connectivity index (χ4n) is 18.5. The quantitative estimate of drug-likeness (QED) is 0.0561. The van der Waals surface area contributed by atoms with Gasteiger partial charge in [-0.15, -0.1) is 0 Å². The number of anilines is 4. The first-order valence-electron chi connectivity index (χ1n) is 46.5. The van der Waals surface area contributed by atoms with Crippen LogP contribution in [0.3, 0.4) is 0 Å². The molecule has 31 heteroatoms. The Morgan fingerprint density at radius 2 is 0.561 bits per heavy atom. The van der Waals surface area contributed by atoms with Crippen LogP contribution in [0.1, 0.15) is 133 Å². The number of nitrogens with zero attached hydrogens (tertiary/aromatic N) is 12. The van der Waals surface area contributed by atoms with Gasteiger partial charge in [0, 0.05) is 163 Å². The van der Waals surface area contributed by atoms with Crippen LogP contribution in [0.5, 0.6) is 0 Å². The van der Waals surface area contributed by atoms with Crippen molar-refractivity contribution in [1.29, 1.82) is 0 Å². The minimum atomic E-state index is -3.92. The van der Waals surface area contributed by atoms with Crippen molar-refractivity contribution in [2.24, 2.45) is 17.8 Å². The van der Waals surface area contributed by atoms with Crippen LogP contribution < -0.4 is 39.6 Å². The maximum atomic E-state index is 9.08.